The number of amides is 1. The zero-order valence-electron chi connectivity index (χ0n) is 13.5. The first-order valence-corrected chi connectivity index (χ1v) is 8.44. The summed E-state index contributed by atoms with van der Waals surface area (Å²) in [4.78, 5) is 14.7. The number of hydrogen-bond donors (Lipinski definition) is 1. The molecular formula is C17H27BrN2O. The minimum absolute atomic E-state index is 0.0429. The Morgan fingerprint density at radius 3 is 2.10 bits per heavy atom. The van der Waals surface area contributed by atoms with Crippen LogP contribution >= 0.6 is 15.9 Å². The predicted octanol–water partition coefficient (Wildman–Crippen LogP) is 4.57. The fourth-order valence-corrected chi connectivity index (χ4v) is 2.42. The first-order valence-electron chi connectivity index (χ1n) is 7.65. The maximum atomic E-state index is 12.7. The summed E-state index contributed by atoms with van der Waals surface area (Å²) in [5, 5.41) is 0. The molecule has 0 fully saturated rings. The van der Waals surface area contributed by atoms with Gasteiger partial charge in [-0.2, -0.15) is 0 Å². The third-order valence-electron chi connectivity index (χ3n) is 3.48. The van der Waals surface area contributed by atoms with Crippen LogP contribution in [-0.4, -0.2) is 23.9 Å². The van der Waals surface area contributed by atoms with Gasteiger partial charge in [0.15, 0.2) is 0 Å². The zero-order chi connectivity index (χ0) is 16.0. The SMILES string of the molecule is CC(C)CCN(CCC(C)C)C(=O)c1ccc(Br)cc1N. The van der Waals surface area contributed by atoms with Crippen molar-refractivity contribution >= 4 is 27.5 Å². The summed E-state index contributed by atoms with van der Waals surface area (Å²) >= 11 is 3.38. The highest BCUT2D eigenvalue weighted by atomic mass is 79.9. The Morgan fingerprint density at radius 2 is 1.67 bits per heavy atom. The lowest BCUT2D eigenvalue weighted by molar-refractivity contribution is 0.0742. The zero-order valence-corrected chi connectivity index (χ0v) is 15.1. The van der Waals surface area contributed by atoms with E-state index in [1.54, 1.807) is 12.1 Å². The lowest BCUT2D eigenvalue weighted by atomic mass is 10.1. The lowest BCUT2D eigenvalue weighted by Gasteiger charge is -2.25. The van der Waals surface area contributed by atoms with E-state index < -0.39 is 0 Å². The molecular weight excluding hydrogens is 328 g/mol. The van der Waals surface area contributed by atoms with Gasteiger partial charge in [0.1, 0.15) is 0 Å². The van der Waals surface area contributed by atoms with Gasteiger partial charge in [0.05, 0.1) is 5.56 Å². The molecule has 0 bridgehead atoms. The molecule has 0 aliphatic heterocycles. The Bertz CT molecular complexity index is 460. The molecule has 0 saturated carbocycles. The van der Waals surface area contributed by atoms with E-state index in [1.165, 1.54) is 0 Å². The first kappa shape index (κ1) is 18.0. The number of nitrogens with zero attached hydrogens (tertiary/aromatic N) is 1. The van der Waals surface area contributed by atoms with Crippen LogP contribution in [-0.2, 0) is 0 Å². The summed E-state index contributed by atoms with van der Waals surface area (Å²) in [5.41, 5.74) is 7.13. The second-order valence-corrected chi connectivity index (χ2v) is 7.30. The number of benzene rings is 1. The van der Waals surface area contributed by atoms with Crippen molar-refractivity contribution in [2.24, 2.45) is 11.8 Å². The number of halogens is 1. The van der Waals surface area contributed by atoms with Crippen LogP contribution in [0.2, 0.25) is 0 Å². The molecule has 0 saturated heterocycles. The molecule has 0 radical (unpaired) electrons. The number of rotatable bonds is 7. The largest absolute Gasteiger partial charge is 0.398 e. The average molecular weight is 355 g/mol. The van der Waals surface area contributed by atoms with Gasteiger partial charge in [-0.25, -0.2) is 0 Å². The molecule has 0 heterocycles. The van der Waals surface area contributed by atoms with Crippen LogP contribution in [0, 0.1) is 11.8 Å². The van der Waals surface area contributed by atoms with Gasteiger partial charge in [-0.3, -0.25) is 4.79 Å². The van der Waals surface area contributed by atoms with Crippen LogP contribution < -0.4 is 5.73 Å². The summed E-state index contributed by atoms with van der Waals surface area (Å²) in [6.07, 6.45) is 2.03. The fourth-order valence-electron chi connectivity index (χ4n) is 2.04. The second kappa shape index (κ2) is 8.42. The highest BCUT2D eigenvalue weighted by Gasteiger charge is 2.18. The normalized spacial score (nSPS) is 11.2. The van der Waals surface area contributed by atoms with Crippen molar-refractivity contribution in [2.45, 2.75) is 40.5 Å². The van der Waals surface area contributed by atoms with Gasteiger partial charge in [-0.05, 0) is 42.9 Å². The predicted molar refractivity (Wildman–Crippen MR) is 93.4 cm³/mol. The molecule has 1 aromatic rings. The van der Waals surface area contributed by atoms with Crippen molar-refractivity contribution in [1.29, 1.82) is 0 Å². The van der Waals surface area contributed by atoms with E-state index in [0.29, 0.717) is 23.1 Å². The van der Waals surface area contributed by atoms with Crippen LogP contribution in [0.4, 0.5) is 5.69 Å². The molecule has 4 heteroatoms. The van der Waals surface area contributed by atoms with Crippen molar-refractivity contribution < 1.29 is 4.79 Å². The molecule has 1 rings (SSSR count). The molecule has 21 heavy (non-hydrogen) atoms. The molecule has 2 N–H and O–H groups in total. The van der Waals surface area contributed by atoms with Crippen molar-refractivity contribution in [2.75, 3.05) is 18.8 Å². The van der Waals surface area contributed by atoms with Crippen molar-refractivity contribution in [3.8, 4) is 0 Å². The summed E-state index contributed by atoms with van der Waals surface area (Å²) in [7, 11) is 0. The fraction of sp³-hybridized carbons (Fsp3) is 0.588. The van der Waals surface area contributed by atoms with E-state index in [0.717, 1.165) is 30.4 Å². The van der Waals surface area contributed by atoms with E-state index in [2.05, 4.69) is 43.6 Å². The second-order valence-electron chi connectivity index (χ2n) is 6.39. The quantitative estimate of drug-likeness (QED) is 0.729. The third-order valence-corrected chi connectivity index (χ3v) is 3.98. The van der Waals surface area contributed by atoms with Gasteiger partial charge in [0.2, 0.25) is 0 Å². The average Bonchev–Trinajstić information content (AvgIpc) is 2.37. The molecule has 0 aliphatic carbocycles. The van der Waals surface area contributed by atoms with E-state index >= 15 is 0 Å². The maximum absolute atomic E-state index is 12.7. The summed E-state index contributed by atoms with van der Waals surface area (Å²) in [5.74, 6) is 1.21. The highest BCUT2D eigenvalue weighted by molar-refractivity contribution is 9.10. The van der Waals surface area contributed by atoms with Gasteiger partial charge >= 0.3 is 0 Å². The lowest BCUT2D eigenvalue weighted by Crippen LogP contribution is -2.34. The molecule has 0 atom stereocenters. The topological polar surface area (TPSA) is 46.3 Å². The van der Waals surface area contributed by atoms with Crippen LogP contribution in [0.15, 0.2) is 22.7 Å². The number of nitrogens with two attached hydrogens (primary N) is 1. The Labute approximate surface area is 137 Å². The molecule has 0 aromatic heterocycles. The number of anilines is 1. The molecule has 0 spiro atoms. The summed E-state index contributed by atoms with van der Waals surface area (Å²) in [6, 6.07) is 5.46. The highest BCUT2D eigenvalue weighted by Crippen LogP contribution is 2.21. The van der Waals surface area contributed by atoms with Crippen LogP contribution in [0.5, 0.6) is 0 Å². The van der Waals surface area contributed by atoms with Crippen LogP contribution in [0.1, 0.15) is 50.9 Å². The third kappa shape index (κ3) is 6.08. The van der Waals surface area contributed by atoms with Crippen molar-refractivity contribution in [3.05, 3.63) is 28.2 Å². The Hall–Kier alpha value is -1.03. The van der Waals surface area contributed by atoms with Crippen LogP contribution in [0.25, 0.3) is 0 Å². The molecule has 1 amide bonds. The maximum Gasteiger partial charge on any atom is 0.255 e. The molecule has 0 unspecified atom stereocenters. The van der Waals surface area contributed by atoms with E-state index in [-0.39, 0.29) is 5.91 Å². The summed E-state index contributed by atoms with van der Waals surface area (Å²) < 4.78 is 0.896. The molecule has 1 aromatic carbocycles. The number of nitrogen functional groups attached to an aromatic ring is 1. The van der Waals surface area contributed by atoms with Crippen molar-refractivity contribution in [1.82, 2.24) is 4.90 Å². The Balaban J connectivity index is 2.86. The van der Waals surface area contributed by atoms with Gasteiger partial charge < -0.3 is 10.6 Å². The van der Waals surface area contributed by atoms with Gasteiger partial charge in [0.25, 0.3) is 5.91 Å². The van der Waals surface area contributed by atoms with E-state index in [1.807, 2.05) is 11.0 Å². The minimum atomic E-state index is 0.0429. The number of carbonyl (C=O) groups excluding carboxylic acids is 1. The Kier molecular flexibility index (Phi) is 7.23. The molecule has 0 aliphatic rings. The number of carbonyl (C=O) groups is 1. The monoisotopic (exact) mass is 354 g/mol. The van der Waals surface area contributed by atoms with E-state index in [4.69, 9.17) is 5.73 Å². The standard InChI is InChI=1S/C17H27BrN2O/c1-12(2)7-9-20(10-8-13(3)4)17(21)15-6-5-14(18)11-16(15)19/h5-6,11-13H,7-10,19H2,1-4H3. The first-order chi connectivity index (χ1) is 9.81. The minimum Gasteiger partial charge on any atom is -0.398 e. The Morgan fingerprint density at radius 1 is 1.14 bits per heavy atom. The van der Waals surface area contributed by atoms with Crippen molar-refractivity contribution in [3.63, 3.8) is 0 Å². The van der Waals surface area contributed by atoms with Crippen LogP contribution in [0.3, 0.4) is 0 Å². The van der Waals surface area contributed by atoms with Gasteiger partial charge in [-0.1, -0.05) is 43.6 Å². The van der Waals surface area contributed by atoms with Gasteiger partial charge in [0, 0.05) is 23.2 Å². The summed E-state index contributed by atoms with van der Waals surface area (Å²) in [6.45, 7) is 10.3. The molecule has 3 nitrogen and oxygen atoms in total. The van der Waals surface area contributed by atoms with E-state index in [9.17, 15) is 4.79 Å². The van der Waals surface area contributed by atoms with Gasteiger partial charge in [-0.15, -0.1) is 0 Å². The molecule has 118 valence electrons. The smallest absolute Gasteiger partial charge is 0.255 e. The number of hydrogen-bond acceptors (Lipinski definition) is 2.